The van der Waals surface area contributed by atoms with Gasteiger partial charge in [-0.2, -0.15) is 84.2 Å². The largest absolute Gasteiger partial charge is 0.323 e. The number of aromatic nitrogens is 8. The Morgan fingerprint density at radius 1 is 0.297 bits per heavy atom. The van der Waals surface area contributed by atoms with Crippen LogP contribution in [0.2, 0.25) is 0 Å². The van der Waals surface area contributed by atoms with Crippen molar-refractivity contribution < 1.29 is 0 Å². The molecule has 5 rings (SSSR count). The summed E-state index contributed by atoms with van der Waals surface area (Å²) >= 11 is 0. The Morgan fingerprint density at radius 2 is 0.578 bits per heavy atom. The summed E-state index contributed by atoms with van der Waals surface area (Å²) in [5.74, 6) is -3.04. The van der Waals surface area contributed by atoms with E-state index in [0.29, 0.717) is 0 Å². The summed E-state index contributed by atoms with van der Waals surface area (Å²) in [6.07, 6.45) is 0. The van der Waals surface area contributed by atoms with Gasteiger partial charge in [0, 0.05) is 0 Å². The molecule has 0 fully saturated rings. The number of rotatable bonds is 4. The SMILES string of the molecule is N#CC(C#N)=C(C#N)C1=C(C#N)c2nc1nc1[nH]c(nc3nc(nc4[nH]c(n2)c(C(C#N)=C(C#N)C#N)c4C#N)C(C(C#N)=C(C#N)C#N)=C3C#N)c(C(C#N)=C(C#N)C#N)c1C#N. The second-order valence-electron chi connectivity index (χ2n) is 11.4. The van der Waals surface area contributed by atoms with Gasteiger partial charge in [-0.3, -0.25) is 0 Å². The maximum absolute atomic E-state index is 10.5. The average molecular weight is 819 g/mol. The van der Waals surface area contributed by atoms with E-state index in [1.54, 1.807) is 48.6 Å². The molecule has 5 heterocycles. The molecule has 282 valence electrons. The molecule has 0 radical (unpaired) electrons. The van der Waals surface area contributed by atoms with E-state index in [2.05, 4.69) is 39.9 Å². The number of allylic oxidation sites excluding steroid dienone is 12. The van der Waals surface area contributed by atoms with Crippen LogP contribution in [0.4, 0.5) is 0 Å². The Balaban J connectivity index is 2.35. The first-order valence-corrected chi connectivity index (χ1v) is 16.3. The molecule has 24 nitrogen and oxygen atoms in total. The molecular formula is C40H2N24. The summed E-state index contributed by atoms with van der Waals surface area (Å²) in [6.45, 7) is 0. The maximum Gasteiger partial charge on any atom is 0.175 e. The molecule has 0 amide bonds. The fourth-order valence-electron chi connectivity index (χ4n) is 5.79. The fraction of sp³-hybridized carbons (Fsp3) is 0. The summed E-state index contributed by atoms with van der Waals surface area (Å²) in [5, 5.41) is 161. The van der Waals surface area contributed by atoms with Crippen LogP contribution in [0, 0.1) is 181 Å². The summed E-state index contributed by atoms with van der Waals surface area (Å²) in [5.41, 5.74) is -14.9. The van der Waals surface area contributed by atoms with E-state index in [0.717, 1.165) is 0 Å². The van der Waals surface area contributed by atoms with Crippen molar-refractivity contribution in [2.45, 2.75) is 0 Å². The number of H-pyrrole nitrogens is 2. The van der Waals surface area contributed by atoms with Crippen LogP contribution in [0.1, 0.15) is 45.6 Å². The second-order valence-corrected chi connectivity index (χ2v) is 11.4. The van der Waals surface area contributed by atoms with Gasteiger partial charge < -0.3 is 9.97 Å². The van der Waals surface area contributed by atoms with Gasteiger partial charge in [-0.15, -0.1) is 0 Å². The highest BCUT2D eigenvalue weighted by Gasteiger charge is 2.33. The van der Waals surface area contributed by atoms with E-state index in [9.17, 15) is 84.2 Å². The van der Waals surface area contributed by atoms with Crippen molar-refractivity contribution >= 4 is 56.0 Å². The van der Waals surface area contributed by atoms with Gasteiger partial charge in [0.2, 0.25) is 0 Å². The standard InChI is InChI=1S/C40H2N24/c41-1-17(2-42)21(9-49)29-25(13-53)33-57-37(29)61-34-26(14-54)30(22(10-50)18(3-43)4-44)39(58-34)63-36-28(16-56)32(24(12-52)20(7-47)8-48)40(60-36)64-35-27(15-55)31(38(59-35)62-33)23(11-51)19(5-45)6-46/h(H2,57,58,59,60,61,62,63,64). The topological polar surface area (TPSA) is 490 Å². The minimum Gasteiger partial charge on any atom is -0.323 e. The van der Waals surface area contributed by atoms with Crippen LogP contribution in [0.15, 0.2) is 33.4 Å². The van der Waals surface area contributed by atoms with Gasteiger partial charge in [-0.05, 0) is 0 Å². The first-order chi connectivity index (χ1) is 31.0. The van der Waals surface area contributed by atoms with E-state index in [1.165, 1.54) is 48.6 Å². The molecule has 2 aliphatic heterocycles. The normalized spacial score (nSPS) is 10.1. The Kier molecular flexibility index (Phi) is 11.6. The van der Waals surface area contributed by atoms with Crippen LogP contribution in [-0.2, 0) is 0 Å². The Hall–Kier alpha value is -12.9. The van der Waals surface area contributed by atoms with Gasteiger partial charge in [-0.1, -0.05) is 0 Å². The van der Waals surface area contributed by atoms with Gasteiger partial charge in [0.05, 0.1) is 44.6 Å². The van der Waals surface area contributed by atoms with Crippen molar-refractivity contribution in [3.05, 3.63) is 79.0 Å². The first kappa shape index (κ1) is 42.3. The molecule has 0 spiro atoms. The van der Waals surface area contributed by atoms with E-state index in [1.807, 2.05) is 0 Å². The van der Waals surface area contributed by atoms with E-state index < -0.39 is 135 Å². The predicted octanol–water partition coefficient (Wildman–Crippen LogP) is 2.89. The molecule has 0 aliphatic carbocycles. The zero-order chi connectivity index (χ0) is 46.8. The van der Waals surface area contributed by atoms with Gasteiger partial charge in [0.15, 0.2) is 34.6 Å². The van der Waals surface area contributed by atoms with Crippen LogP contribution >= 0.6 is 0 Å². The Morgan fingerprint density at radius 3 is 0.828 bits per heavy atom. The summed E-state index contributed by atoms with van der Waals surface area (Å²) < 4.78 is 0. The van der Waals surface area contributed by atoms with Crippen LogP contribution in [0.25, 0.3) is 56.0 Å². The van der Waals surface area contributed by atoms with Crippen LogP contribution < -0.4 is 0 Å². The Bertz CT molecular complexity index is 3580. The first-order valence-electron chi connectivity index (χ1n) is 16.3. The minimum absolute atomic E-state index is 0.639. The molecule has 0 aromatic carbocycles. The molecule has 2 N–H and O–H groups in total. The molecular weight excluding hydrogens is 817 g/mol. The van der Waals surface area contributed by atoms with Gasteiger partial charge in [0.25, 0.3) is 0 Å². The highest BCUT2D eigenvalue weighted by Crippen LogP contribution is 2.38. The quantitative estimate of drug-likeness (QED) is 0.357. The van der Waals surface area contributed by atoms with Crippen molar-refractivity contribution in [3.8, 4) is 97.1 Å². The van der Waals surface area contributed by atoms with E-state index >= 15 is 0 Å². The zero-order valence-corrected chi connectivity index (χ0v) is 30.8. The minimum atomic E-state index is -0.888. The summed E-state index contributed by atoms with van der Waals surface area (Å²) in [7, 11) is 0. The van der Waals surface area contributed by atoms with Gasteiger partial charge in [0.1, 0.15) is 153 Å². The van der Waals surface area contributed by atoms with E-state index in [4.69, 9.17) is 0 Å². The van der Waals surface area contributed by atoms with Crippen LogP contribution in [0.5, 0.6) is 0 Å². The summed E-state index contributed by atoms with van der Waals surface area (Å²) in [4.78, 5) is 30.6. The van der Waals surface area contributed by atoms with Crippen LogP contribution in [0.3, 0.4) is 0 Å². The molecule has 64 heavy (non-hydrogen) atoms. The molecule has 24 heteroatoms. The number of nitrogens with zero attached hydrogens (tertiary/aromatic N) is 22. The second kappa shape index (κ2) is 17.5. The molecule has 3 aromatic rings. The monoisotopic (exact) mass is 818 g/mol. The lowest BCUT2D eigenvalue weighted by atomic mass is 9.97. The number of nitriles is 16. The molecule has 2 aliphatic rings. The molecule has 0 atom stereocenters. The third kappa shape index (κ3) is 6.62. The Labute approximate surface area is 355 Å². The highest BCUT2D eigenvalue weighted by atomic mass is 15.1. The molecule has 0 saturated heterocycles. The summed E-state index contributed by atoms with van der Waals surface area (Å²) in [6, 6.07) is 25.3. The van der Waals surface area contributed by atoms with E-state index in [-0.39, 0.29) is 0 Å². The third-order valence-corrected chi connectivity index (χ3v) is 8.40. The highest BCUT2D eigenvalue weighted by molar-refractivity contribution is 6.08. The van der Waals surface area contributed by atoms with Crippen LogP contribution in [-0.4, -0.2) is 39.9 Å². The molecule has 8 bridgehead atoms. The smallest absolute Gasteiger partial charge is 0.175 e. The van der Waals surface area contributed by atoms with Crippen molar-refractivity contribution in [3.63, 3.8) is 0 Å². The molecule has 0 unspecified atom stereocenters. The third-order valence-electron chi connectivity index (χ3n) is 8.40. The number of nitrogens with one attached hydrogen (secondary N) is 2. The van der Waals surface area contributed by atoms with Crippen molar-refractivity contribution in [1.82, 2.24) is 39.9 Å². The maximum atomic E-state index is 10.5. The number of fused-ring (bicyclic) bond motifs is 8. The van der Waals surface area contributed by atoms with Crippen molar-refractivity contribution in [2.75, 3.05) is 0 Å². The van der Waals surface area contributed by atoms with Crippen molar-refractivity contribution in [1.29, 1.82) is 84.2 Å². The van der Waals surface area contributed by atoms with Gasteiger partial charge >= 0.3 is 0 Å². The lowest BCUT2D eigenvalue weighted by molar-refractivity contribution is 1.10. The molecule has 3 aromatic heterocycles. The average Bonchev–Trinajstić information content (AvgIpc) is 4.04. The number of hydrogen-bond donors (Lipinski definition) is 2. The lowest BCUT2D eigenvalue weighted by Gasteiger charge is -2.00. The number of aromatic amines is 2. The number of hydrogen-bond acceptors (Lipinski definition) is 22. The lowest BCUT2D eigenvalue weighted by Crippen LogP contribution is -1.95. The van der Waals surface area contributed by atoms with Crippen molar-refractivity contribution in [2.24, 2.45) is 0 Å². The molecule has 0 saturated carbocycles. The zero-order valence-electron chi connectivity index (χ0n) is 30.8. The fourth-order valence-corrected chi connectivity index (χ4v) is 5.79. The van der Waals surface area contributed by atoms with Gasteiger partial charge in [-0.25, -0.2) is 29.9 Å². The predicted molar refractivity (Wildman–Crippen MR) is 202 cm³/mol.